The Morgan fingerprint density at radius 3 is 2.72 bits per heavy atom. The number of aromatic nitrogens is 2. The maximum absolute atomic E-state index is 13.7. The average Bonchev–Trinajstić information content (AvgIpc) is 3.39. The number of likely N-dealkylation sites (tertiary alicyclic amines) is 1. The lowest BCUT2D eigenvalue weighted by atomic mass is 9.70. The summed E-state index contributed by atoms with van der Waals surface area (Å²) in [6.45, 7) is 5.54. The lowest BCUT2D eigenvalue weighted by Gasteiger charge is -2.47. The van der Waals surface area contributed by atoms with Gasteiger partial charge in [-0.15, -0.1) is 11.6 Å². The Bertz CT molecular complexity index is 1240. The summed E-state index contributed by atoms with van der Waals surface area (Å²) in [7, 11) is 0. The van der Waals surface area contributed by atoms with Crippen LogP contribution in [0.25, 0.3) is 0 Å². The zero-order valence-corrected chi connectivity index (χ0v) is 26.7. The Kier molecular flexibility index (Phi) is 9.47. The number of carboxylic acid groups (broad SMARTS) is 1. The fraction of sp³-hybridized carbons (Fsp3) is 0.839. The van der Waals surface area contributed by atoms with E-state index in [1.165, 1.54) is 0 Å². The van der Waals surface area contributed by atoms with Crippen LogP contribution in [0.2, 0.25) is 0 Å². The molecule has 8 nitrogen and oxygen atoms in total. The fourth-order valence-electron chi connectivity index (χ4n) is 8.51. The molecule has 0 bridgehead atoms. The third-order valence-electron chi connectivity index (χ3n) is 10.8. The first-order valence-electron chi connectivity index (χ1n) is 16.1. The highest BCUT2D eigenvalue weighted by atomic mass is 35.5. The molecule has 1 aromatic rings. The summed E-state index contributed by atoms with van der Waals surface area (Å²) in [5.41, 5.74) is 1.54. The van der Waals surface area contributed by atoms with Gasteiger partial charge in [-0.25, -0.2) is 13.8 Å². The van der Waals surface area contributed by atoms with Crippen LogP contribution in [0.3, 0.4) is 0 Å². The molecule has 6 rings (SSSR count). The second-order valence-electron chi connectivity index (χ2n) is 13.5. The van der Waals surface area contributed by atoms with Gasteiger partial charge in [0, 0.05) is 66.0 Å². The minimum Gasteiger partial charge on any atom is -0.481 e. The van der Waals surface area contributed by atoms with Crippen LogP contribution in [-0.4, -0.2) is 91.8 Å². The number of fused-ring (bicyclic) bond motifs is 2. The van der Waals surface area contributed by atoms with Crippen molar-refractivity contribution in [3.8, 4) is 0 Å². The molecule has 3 aliphatic heterocycles. The number of piperidine rings is 2. The second-order valence-corrected chi connectivity index (χ2v) is 15.4. The number of thioether (sulfide) groups is 1. The summed E-state index contributed by atoms with van der Waals surface area (Å²) in [5.74, 6) is -1.81. The van der Waals surface area contributed by atoms with Crippen molar-refractivity contribution in [1.29, 1.82) is 0 Å². The number of alkyl halides is 3. The van der Waals surface area contributed by atoms with Gasteiger partial charge in [-0.05, 0) is 70.6 Å². The number of aliphatic carboxylic acids is 1. The third kappa shape index (κ3) is 6.67. The van der Waals surface area contributed by atoms with E-state index in [1.54, 1.807) is 16.3 Å². The smallest absolute Gasteiger partial charge is 0.308 e. The highest BCUT2D eigenvalue weighted by Crippen LogP contribution is 2.48. The Hall–Kier alpha value is -1.27. The van der Waals surface area contributed by atoms with Gasteiger partial charge >= 0.3 is 5.97 Å². The van der Waals surface area contributed by atoms with Gasteiger partial charge in [0.1, 0.15) is 5.82 Å². The molecule has 3 saturated heterocycles. The predicted octanol–water partition coefficient (Wildman–Crippen LogP) is 4.12. The van der Waals surface area contributed by atoms with Gasteiger partial charge in [0.25, 0.3) is 11.5 Å². The van der Waals surface area contributed by atoms with Gasteiger partial charge in [0.05, 0.1) is 30.9 Å². The van der Waals surface area contributed by atoms with Gasteiger partial charge < -0.3 is 15.2 Å². The molecule has 12 heteroatoms. The number of rotatable bonds is 7. The first kappa shape index (κ1) is 31.7. The van der Waals surface area contributed by atoms with Crippen molar-refractivity contribution in [2.75, 3.05) is 25.4 Å². The molecule has 9 atom stereocenters. The molecule has 43 heavy (non-hydrogen) atoms. The summed E-state index contributed by atoms with van der Waals surface area (Å²) >= 11 is 8.49. The fourth-order valence-corrected chi connectivity index (χ4v) is 10.7. The zero-order valence-electron chi connectivity index (χ0n) is 25.2. The SMILES string of the molecule is Cc1nc2c(c(=O)n1CCOC1CCC(Cl)CC1C1CC(C)NC3C(C(=O)O)CSC13)CC(N1CCC(F)(F)CC1)CC2. The Balaban J connectivity index is 1.12. The molecule has 0 radical (unpaired) electrons. The van der Waals surface area contributed by atoms with Crippen LogP contribution in [0.5, 0.6) is 0 Å². The highest BCUT2D eigenvalue weighted by Gasteiger charge is 2.51. The van der Waals surface area contributed by atoms with E-state index < -0.39 is 11.9 Å². The number of ether oxygens (including phenoxy) is 1. The topological polar surface area (TPSA) is 96.7 Å². The van der Waals surface area contributed by atoms with E-state index >= 15 is 0 Å². The van der Waals surface area contributed by atoms with Crippen LogP contribution in [0.15, 0.2) is 4.79 Å². The summed E-state index contributed by atoms with van der Waals surface area (Å²) < 4.78 is 35.8. The molecule has 4 fully saturated rings. The van der Waals surface area contributed by atoms with Crippen LogP contribution in [0.1, 0.15) is 69.0 Å². The average molecular weight is 643 g/mol. The van der Waals surface area contributed by atoms with Crippen molar-refractivity contribution >= 4 is 29.3 Å². The second kappa shape index (κ2) is 12.9. The van der Waals surface area contributed by atoms with E-state index in [1.807, 2.05) is 6.92 Å². The maximum Gasteiger partial charge on any atom is 0.308 e. The minimum absolute atomic E-state index is 0.0126. The van der Waals surface area contributed by atoms with Gasteiger partial charge in [-0.1, -0.05) is 0 Å². The van der Waals surface area contributed by atoms with E-state index in [2.05, 4.69) is 17.1 Å². The van der Waals surface area contributed by atoms with E-state index in [4.69, 9.17) is 21.3 Å². The minimum atomic E-state index is -2.58. The van der Waals surface area contributed by atoms with Crippen LogP contribution >= 0.6 is 23.4 Å². The summed E-state index contributed by atoms with van der Waals surface area (Å²) in [6.07, 6.45) is 5.43. The lowest BCUT2D eigenvalue weighted by molar-refractivity contribution is -0.142. The number of aryl methyl sites for hydroxylation is 2. The van der Waals surface area contributed by atoms with Gasteiger partial charge in [-0.3, -0.25) is 19.1 Å². The Morgan fingerprint density at radius 2 is 1.98 bits per heavy atom. The van der Waals surface area contributed by atoms with Gasteiger partial charge in [0.15, 0.2) is 0 Å². The van der Waals surface area contributed by atoms with Crippen LogP contribution in [-0.2, 0) is 28.9 Å². The molecule has 0 spiro atoms. The molecule has 5 aliphatic rings. The normalized spacial score (nSPS) is 37.9. The Morgan fingerprint density at radius 1 is 1.21 bits per heavy atom. The van der Waals surface area contributed by atoms with Crippen LogP contribution in [0, 0.1) is 24.7 Å². The summed E-state index contributed by atoms with van der Waals surface area (Å²) in [4.78, 5) is 32.6. The number of carboxylic acids is 1. The largest absolute Gasteiger partial charge is 0.481 e. The standard InChI is InChI=1S/C31H45ClF2N4O4S/c1-17-13-22(28-27(35-17)24(16-43-28)30(40)41)21-14-19(32)3-6-26(21)42-12-11-38-18(2)36-25-5-4-20(15-23(25)29(38)39)37-9-7-31(33,34)8-10-37/h17,19-22,24,26-28,35H,3-16H2,1-2H3,(H,40,41). The van der Waals surface area contributed by atoms with E-state index in [0.29, 0.717) is 56.6 Å². The summed E-state index contributed by atoms with van der Waals surface area (Å²) in [6, 6.07) is 0.291. The third-order valence-corrected chi connectivity index (χ3v) is 12.8. The van der Waals surface area contributed by atoms with E-state index in [9.17, 15) is 23.5 Å². The number of hydrogen-bond donors (Lipinski definition) is 2. The zero-order chi connectivity index (χ0) is 30.5. The van der Waals surface area contributed by atoms with Crippen molar-refractivity contribution in [1.82, 2.24) is 19.8 Å². The van der Waals surface area contributed by atoms with Crippen molar-refractivity contribution in [2.24, 2.45) is 17.8 Å². The molecule has 0 aromatic carbocycles. The number of hydrogen-bond acceptors (Lipinski definition) is 7. The van der Waals surface area contributed by atoms with Crippen LogP contribution in [0.4, 0.5) is 8.78 Å². The molecular formula is C31H45ClF2N4O4S. The molecular weight excluding hydrogens is 598 g/mol. The molecule has 0 amide bonds. The molecule has 1 aromatic heterocycles. The van der Waals surface area contributed by atoms with E-state index in [0.717, 1.165) is 43.4 Å². The molecule has 1 saturated carbocycles. The number of nitrogens with zero attached hydrogens (tertiary/aromatic N) is 3. The number of halogens is 3. The van der Waals surface area contributed by atoms with Gasteiger partial charge in [-0.2, -0.15) is 11.8 Å². The molecule has 9 unspecified atom stereocenters. The highest BCUT2D eigenvalue weighted by molar-refractivity contribution is 8.00. The molecule has 4 heterocycles. The van der Waals surface area contributed by atoms with Crippen molar-refractivity contribution < 1.29 is 23.4 Å². The summed E-state index contributed by atoms with van der Waals surface area (Å²) in [5, 5.41) is 13.7. The van der Waals surface area contributed by atoms with Gasteiger partial charge in [0.2, 0.25) is 0 Å². The first-order chi connectivity index (χ1) is 20.5. The van der Waals surface area contributed by atoms with Crippen molar-refractivity contribution in [3.05, 3.63) is 27.4 Å². The van der Waals surface area contributed by atoms with Crippen molar-refractivity contribution in [2.45, 2.75) is 119 Å². The first-order valence-corrected chi connectivity index (χ1v) is 17.6. The lowest BCUT2D eigenvalue weighted by Crippen LogP contribution is -2.57. The van der Waals surface area contributed by atoms with E-state index in [-0.39, 0.29) is 65.1 Å². The van der Waals surface area contributed by atoms with Crippen LogP contribution < -0.4 is 10.9 Å². The Labute approximate surface area is 261 Å². The van der Waals surface area contributed by atoms with Crippen molar-refractivity contribution in [3.63, 3.8) is 0 Å². The maximum atomic E-state index is 13.7. The molecule has 2 N–H and O–H groups in total. The molecule has 240 valence electrons. The number of nitrogens with one attached hydrogen (secondary N) is 1. The predicted molar refractivity (Wildman–Crippen MR) is 163 cm³/mol. The number of carbonyl (C=O) groups is 1. The molecule has 2 aliphatic carbocycles. The monoisotopic (exact) mass is 642 g/mol. The quantitative estimate of drug-likeness (QED) is 0.429.